The number of nitrogens with one attached hydrogen (secondary N) is 1. The van der Waals surface area contributed by atoms with Gasteiger partial charge in [0.2, 0.25) is 0 Å². The Morgan fingerprint density at radius 3 is 2.38 bits per heavy atom. The molecule has 1 heterocycles. The maximum absolute atomic E-state index is 13.2. The summed E-state index contributed by atoms with van der Waals surface area (Å²) >= 11 is 5.93. The zero-order valence-electron chi connectivity index (χ0n) is 20.4. The zero-order chi connectivity index (χ0) is 26.5. The van der Waals surface area contributed by atoms with Crippen LogP contribution in [0.1, 0.15) is 22.3 Å². The molecule has 1 N–H and O–H groups in total. The van der Waals surface area contributed by atoms with Gasteiger partial charge < -0.3 is 9.47 Å². The van der Waals surface area contributed by atoms with E-state index in [1.807, 2.05) is 31.2 Å². The first-order valence-corrected chi connectivity index (χ1v) is 11.9. The van der Waals surface area contributed by atoms with Crippen molar-refractivity contribution in [3.05, 3.63) is 106 Å². The van der Waals surface area contributed by atoms with Crippen LogP contribution in [0.15, 0.2) is 78.9 Å². The smallest absolute Gasteiger partial charge is 0.335 e. The number of halogens is 1. The minimum Gasteiger partial charge on any atom is -0.493 e. The Labute approximate surface area is 219 Å². The number of carbonyl (C=O) groups excluding carboxylic acids is 3. The predicted octanol–water partition coefficient (Wildman–Crippen LogP) is 5.63. The largest absolute Gasteiger partial charge is 0.493 e. The van der Waals surface area contributed by atoms with Gasteiger partial charge in [-0.2, -0.15) is 0 Å². The first-order valence-electron chi connectivity index (χ1n) is 11.5. The Bertz CT molecular complexity index is 1400. The second-order valence-electron chi connectivity index (χ2n) is 8.41. The summed E-state index contributed by atoms with van der Waals surface area (Å²) in [4.78, 5) is 39.2. The third-order valence-corrected chi connectivity index (χ3v) is 5.99. The number of methoxy groups -OCH3 is 1. The van der Waals surface area contributed by atoms with Crippen LogP contribution in [0.4, 0.5) is 10.5 Å². The SMILES string of the molecule is C=CCc1cc(/C=C2\C(=O)NC(=O)N(c3ccc(Cl)cc3)C2=O)cc(OC)c1OCc1ccc(C)cc1. The molecule has 1 fully saturated rings. The third kappa shape index (κ3) is 5.73. The van der Waals surface area contributed by atoms with E-state index in [1.54, 1.807) is 30.3 Å². The number of benzene rings is 3. The number of hydrogen-bond donors (Lipinski definition) is 1. The molecular weight excluding hydrogens is 492 g/mol. The zero-order valence-corrected chi connectivity index (χ0v) is 21.2. The molecule has 0 radical (unpaired) electrons. The van der Waals surface area contributed by atoms with Crippen LogP contribution in [0, 0.1) is 6.92 Å². The lowest BCUT2D eigenvalue weighted by Crippen LogP contribution is -2.54. The molecule has 0 saturated carbocycles. The van der Waals surface area contributed by atoms with Crippen LogP contribution >= 0.6 is 11.6 Å². The average Bonchev–Trinajstić information content (AvgIpc) is 2.88. The van der Waals surface area contributed by atoms with Crippen molar-refractivity contribution in [2.45, 2.75) is 20.0 Å². The molecule has 4 amide bonds. The molecule has 188 valence electrons. The van der Waals surface area contributed by atoms with Gasteiger partial charge in [0.1, 0.15) is 12.2 Å². The van der Waals surface area contributed by atoms with Crippen LogP contribution < -0.4 is 19.7 Å². The van der Waals surface area contributed by atoms with E-state index in [9.17, 15) is 14.4 Å². The van der Waals surface area contributed by atoms with Crippen molar-refractivity contribution in [3.63, 3.8) is 0 Å². The number of barbiturate groups is 1. The first kappa shape index (κ1) is 25.7. The Kier molecular flexibility index (Phi) is 7.74. The van der Waals surface area contributed by atoms with E-state index in [1.165, 1.54) is 25.3 Å². The van der Waals surface area contributed by atoms with Crippen molar-refractivity contribution in [2.75, 3.05) is 12.0 Å². The Morgan fingerprint density at radius 2 is 1.73 bits per heavy atom. The van der Waals surface area contributed by atoms with Crippen molar-refractivity contribution in [1.82, 2.24) is 5.32 Å². The first-order chi connectivity index (χ1) is 17.8. The fourth-order valence-electron chi connectivity index (χ4n) is 3.88. The molecule has 0 aromatic heterocycles. The van der Waals surface area contributed by atoms with Crippen LogP contribution in [-0.2, 0) is 22.6 Å². The summed E-state index contributed by atoms with van der Waals surface area (Å²) in [5, 5.41) is 2.67. The lowest BCUT2D eigenvalue weighted by atomic mass is 10.0. The number of allylic oxidation sites excluding steroid dienone is 1. The van der Waals surface area contributed by atoms with Gasteiger partial charge in [-0.1, -0.05) is 47.5 Å². The number of ether oxygens (including phenoxy) is 2. The number of urea groups is 1. The number of amides is 4. The molecule has 0 atom stereocenters. The highest BCUT2D eigenvalue weighted by Crippen LogP contribution is 2.35. The highest BCUT2D eigenvalue weighted by molar-refractivity contribution is 6.39. The van der Waals surface area contributed by atoms with Gasteiger partial charge in [-0.05, 0) is 66.9 Å². The number of rotatable bonds is 8. The van der Waals surface area contributed by atoms with Crippen molar-refractivity contribution >= 4 is 41.2 Å². The summed E-state index contributed by atoms with van der Waals surface area (Å²) in [5.74, 6) is -0.556. The standard InChI is InChI=1S/C29H25ClN2O5/c1-4-5-21-14-20(16-25(36-3)26(21)37-17-19-8-6-18(2)7-9-19)15-24-27(33)31-29(35)32(28(24)34)23-12-10-22(30)11-13-23/h4,6-16H,1,5,17H2,2-3H3,(H,31,33,35)/b24-15+. The van der Waals surface area contributed by atoms with Crippen molar-refractivity contribution < 1.29 is 23.9 Å². The second-order valence-corrected chi connectivity index (χ2v) is 8.85. The van der Waals surface area contributed by atoms with Crippen LogP contribution in [0.5, 0.6) is 11.5 Å². The number of anilines is 1. The third-order valence-electron chi connectivity index (χ3n) is 5.74. The Hall–Kier alpha value is -4.36. The van der Waals surface area contributed by atoms with E-state index in [0.29, 0.717) is 35.1 Å². The topological polar surface area (TPSA) is 84.9 Å². The highest BCUT2D eigenvalue weighted by atomic mass is 35.5. The van der Waals surface area contributed by atoms with E-state index >= 15 is 0 Å². The molecule has 1 aliphatic heterocycles. The molecule has 37 heavy (non-hydrogen) atoms. The van der Waals surface area contributed by atoms with Crippen LogP contribution in [0.2, 0.25) is 5.02 Å². The van der Waals surface area contributed by atoms with E-state index in [-0.39, 0.29) is 11.3 Å². The number of nitrogens with zero attached hydrogens (tertiary/aromatic N) is 1. The van der Waals surface area contributed by atoms with Crippen LogP contribution in [0.3, 0.4) is 0 Å². The molecular formula is C29H25ClN2O5. The molecule has 1 aliphatic rings. The molecule has 7 nitrogen and oxygen atoms in total. The molecule has 0 spiro atoms. The summed E-state index contributed by atoms with van der Waals surface area (Å²) in [6.07, 6.45) is 3.61. The molecule has 3 aromatic carbocycles. The molecule has 8 heteroatoms. The fraction of sp³-hybridized carbons (Fsp3) is 0.138. The van der Waals surface area contributed by atoms with Crippen LogP contribution in [0.25, 0.3) is 6.08 Å². The van der Waals surface area contributed by atoms with Crippen molar-refractivity contribution in [3.8, 4) is 11.5 Å². The summed E-state index contributed by atoms with van der Waals surface area (Å²) < 4.78 is 11.7. The van der Waals surface area contributed by atoms with Gasteiger partial charge >= 0.3 is 6.03 Å². The Balaban J connectivity index is 1.69. The Morgan fingerprint density at radius 1 is 1.03 bits per heavy atom. The second kappa shape index (κ2) is 11.1. The number of hydrogen-bond acceptors (Lipinski definition) is 5. The lowest BCUT2D eigenvalue weighted by molar-refractivity contribution is -0.122. The van der Waals surface area contributed by atoms with Gasteiger partial charge in [-0.15, -0.1) is 6.58 Å². The predicted molar refractivity (Wildman–Crippen MR) is 143 cm³/mol. The maximum Gasteiger partial charge on any atom is 0.335 e. The van der Waals surface area contributed by atoms with Gasteiger partial charge in [0.05, 0.1) is 12.8 Å². The van der Waals surface area contributed by atoms with E-state index in [0.717, 1.165) is 21.6 Å². The molecule has 4 rings (SSSR count). The lowest BCUT2D eigenvalue weighted by Gasteiger charge is -2.26. The molecule has 0 aliphatic carbocycles. The number of carbonyl (C=O) groups is 3. The summed E-state index contributed by atoms with van der Waals surface area (Å²) in [6, 6.07) is 16.8. The highest BCUT2D eigenvalue weighted by Gasteiger charge is 2.36. The number of aryl methyl sites for hydroxylation is 1. The minimum absolute atomic E-state index is 0.200. The van der Waals surface area contributed by atoms with E-state index in [4.69, 9.17) is 21.1 Å². The summed E-state index contributed by atoms with van der Waals surface area (Å²) in [7, 11) is 1.52. The van der Waals surface area contributed by atoms with Gasteiger partial charge in [0, 0.05) is 10.6 Å². The van der Waals surface area contributed by atoms with Gasteiger partial charge in [0.15, 0.2) is 11.5 Å². The van der Waals surface area contributed by atoms with Crippen molar-refractivity contribution in [1.29, 1.82) is 0 Å². The molecule has 0 bridgehead atoms. The normalized spacial score (nSPS) is 14.5. The van der Waals surface area contributed by atoms with Gasteiger partial charge in [-0.3, -0.25) is 14.9 Å². The van der Waals surface area contributed by atoms with Crippen molar-refractivity contribution in [2.24, 2.45) is 0 Å². The minimum atomic E-state index is -0.834. The van der Waals surface area contributed by atoms with Gasteiger partial charge in [0.25, 0.3) is 11.8 Å². The molecule has 0 unspecified atom stereocenters. The number of imide groups is 2. The quantitative estimate of drug-likeness (QED) is 0.238. The summed E-state index contributed by atoms with van der Waals surface area (Å²) in [5.41, 5.74) is 3.54. The van der Waals surface area contributed by atoms with Crippen LogP contribution in [-0.4, -0.2) is 25.0 Å². The maximum atomic E-state index is 13.2. The molecule has 1 saturated heterocycles. The van der Waals surface area contributed by atoms with Gasteiger partial charge in [-0.25, -0.2) is 9.69 Å². The fourth-order valence-corrected chi connectivity index (χ4v) is 4.00. The molecule has 3 aromatic rings. The van der Waals surface area contributed by atoms with E-state index < -0.39 is 17.8 Å². The van der Waals surface area contributed by atoms with E-state index in [2.05, 4.69) is 11.9 Å². The summed E-state index contributed by atoms with van der Waals surface area (Å²) in [6.45, 7) is 6.18. The average molecular weight is 517 g/mol. The monoisotopic (exact) mass is 516 g/mol.